The standard InChI is InChI=1S/C24H26N6O5.C10H15NO/c1-4-29(13-14-31)19-9-5-17(6-10-19)25-27-21-15-24(35-3)22(16-23(21)34-2)28-26-18-7-11-20(12-8-18)30(32)33;1-2-11(8-9-12)10-6-4-3-5-7-10/h5-12,15-16,31H,4,13-14H2,1-3H3;3-7,12H,2,8-9H2,1H3. The van der Waals surface area contributed by atoms with Crippen molar-refractivity contribution in [1.29, 1.82) is 0 Å². The second kappa shape index (κ2) is 19.2. The van der Waals surface area contributed by atoms with Gasteiger partial charge in [0, 0.05) is 61.8 Å². The fourth-order valence-electron chi connectivity index (χ4n) is 4.44. The number of aliphatic hydroxyl groups excluding tert-OH is 2. The van der Waals surface area contributed by atoms with E-state index in [0.29, 0.717) is 47.3 Å². The number of nitrogens with zero attached hydrogens (tertiary/aromatic N) is 7. The van der Waals surface area contributed by atoms with Crippen LogP contribution < -0.4 is 19.3 Å². The minimum atomic E-state index is -0.479. The Balaban J connectivity index is 0.000000420. The summed E-state index contributed by atoms with van der Waals surface area (Å²) in [5.74, 6) is 0.826. The molecule has 0 saturated heterocycles. The maximum absolute atomic E-state index is 10.8. The Kier molecular flexibility index (Phi) is 14.7. The van der Waals surface area contributed by atoms with E-state index in [1.807, 2.05) is 49.4 Å². The first-order valence-electron chi connectivity index (χ1n) is 15.1. The molecule has 0 fully saturated rings. The second-order valence-electron chi connectivity index (χ2n) is 9.83. The van der Waals surface area contributed by atoms with Crippen molar-refractivity contribution < 1.29 is 24.6 Å². The Hall–Kier alpha value is -5.40. The van der Waals surface area contributed by atoms with E-state index in [4.69, 9.17) is 14.6 Å². The molecule has 13 nitrogen and oxygen atoms in total. The summed E-state index contributed by atoms with van der Waals surface area (Å²) in [6.07, 6.45) is 0. The number of non-ortho nitro benzene ring substituents is 1. The van der Waals surface area contributed by atoms with Gasteiger partial charge in [0.2, 0.25) is 0 Å². The summed E-state index contributed by atoms with van der Waals surface area (Å²) in [6, 6.07) is 26.6. The summed E-state index contributed by atoms with van der Waals surface area (Å²) in [5, 5.41) is 45.7. The highest BCUT2D eigenvalue weighted by atomic mass is 16.6. The lowest BCUT2D eigenvalue weighted by Gasteiger charge is -2.21. The van der Waals surface area contributed by atoms with Crippen LogP contribution in [-0.2, 0) is 0 Å². The first-order chi connectivity index (χ1) is 22.9. The molecule has 4 rings (SSSR count). The lowest BCUT2D eigenvalue weighted by molar-refractivity contribution is -0.384. The zero-order valence-corrected chi connectivity index (χ0v) is 27.1. The van der Waals surface area contributed by atoms with Crippen LogP contribution in [0.4, 0.5) is 39.8 Å². The van der Waals surface area contributed by atoms with E-state index in [0.717, 1.165) is 18.8 Å². The van der Waals surface area contributed by atoms with Gasteiger partial charge >= 0.3 is 0 Å². The van der Waals surface area contributed by atoms with E-state index in [9.17, 15) is 15.2 Å². The van der Waals surface area contributed by atoms with E-state index in [-0.39, 0.29) is 18.9 Å². The van der Waals surface area contributed by atoms with Gasteiger partial charge < -0.3 is 29.5 Å². The van der Waals surface area contributed by atoms with Gasteiger partial charge in [-0.1, -0.05) is 18.2 Å². The van der Waals surface area contributed by atoms with Crippen molar-refractivity contribution >= 4 is 39.8 Å². The van der Waals surface area contributed by atoms with Crippen molar-refractivity contribution in [2.75, 3.05) is 63.4 Å². The Morgan fingerprint density at radius 2 is 1.09 bits per heavy atom. The Morgan fingerprint density at radius 3 is 1.47 bits per heavy atom. The average molecular weight is 644 g/mol. The fourth-order valence-corrected chi connectivity index (χ4v) is 4.44. The lowest BCUT2D eigenvalue weighted by atomic mass is 10.2. The molecule has 0 spiro atoms. The molecule has 0 radical (unpaired) electrons. The van der Waals surface area contributed by atoms with Gasteiger partial charge in [-0.15, -0.1) is 10.2 Å². The monoisotopic (exact) mass is 643 g/mol. The Bertz CT molecular complexity index is 1580. The van der Waals surface area contributed by atoms with E-state index < -0.39 is 4.92 Å². The molecule has 47 heavy (non-hydrogen) atoms. The first-order valence-corrected chi connectivity index (χ1v) is 15.1. The van der Waals surface area contributed by atoms with Gasteiger partial charge in [0.05, 0.1) is 43.7 Å². The normalized spacial score (nSPS) is 10.9. The largest absolute Gasteiger partial charge is 0.494 e. The summed E-state index contributed by atoms with van der Waals surface area (Å²) >= 11 is 0. The number of hydrogen-bond donors (Lipinski definition) is 2. The highest BCUT2D eigenvalue weighted by Crippen LogP contribution is 2.41. The highest BCUT2D eigenvalue weighted by Gasteiger charge is 2.12. The number of aliphatic hydroxyl groups is 2. The fraction of sp³-hybridized carbons (Fsp3) is 0.294. The molecule has 4 aromatic carbocycles. The van der Waals surface area contributed by atoms with Gasteiger partial charge in [-0.2, -0.15) is 10.2 Å². The number of likely N-dealkylation sites (N-methyl/N-ethyl adjacent to an activating group) is 2. The molecule has 0 aromatic heterocycles. The summed E-state index contributed by atoms with van der Waals surface area (Å²) in [6.45, 7) is 7.39. The maximum Gasteiger partial charge on any atom is 0.269 e. The number of methoxy groups -OCH3 is 2. The smallest absolute Gasteiger partial charge is 0.269 e. The predicted molar refractivity (Wildman–Crippen MR) is 184 cm³/mol. The number of benzene rings is 4. The van der Waals surface area contributed by atoms with Crippen molar-refractivity contribution in [3.8, 4) is 11.5 Å². The van der Waals surface area contributed by atoms with Gasteiger partial charge in [0.1, 0.15) is 22.9 Å². The summed E-state index contributed by atoms with van der Waals surface area (Å²) in [4.78, 5) is 14.5. The number of ether oxygens (including phenoxy) is 2. The Morgan fingerprint density at radius 1 is 0.660 bits per heavy atom. The molecule has 0 aliphatic carbocycles. The number of rotatable bonds is 15. The quantitative estimate of drug-likeness (QED) is 0.0755. The SMILES string of the molecule is CCN(CCO)c1ccc(N=Nc2cc(OC)c(N=Nc3ccc([N+](=O)[O-])cc3)cc2OC)cc1.CCN(CCO)c1ccccc1. The van der Waals surface area contributed by atoms with Gasteiger partial charge in [-0.05, 0) is 62.4 Å². The van der Waals surface area contributed by atoms with Crippen LogP contribution in [0.2, 0.25) is 0 Å². The molecular weight excluding hydrogens is 602 g/mol. The van der Waals surface area contributed by atoms with Crippen LogP contribution in [0.15, 0.2) is 111 Å². The third-order valence-corrected chi connectivity index (χ3v) is 6.93. The van der Waals surface area contributed by atoms with Crippen molar-refractivity contribution in [2.45, 2.75) is 13.8 Å². The number of azo groups is 2. The zero-order chi connectivity index (χ0) is 34.0. The number of hydrogen-bond acceptors (Lipinski definition) is 12. The van der Waals surface area contributed by atoms with Crippen LogP contribution in [0.1, 0.15) is 13.8 Å². The predicted octanol–water partition coefficient (Wildman–Crippen LogP) is 7.77. The number of nitro groups is 1. The molecule has 0 heterocycles. The topological polar surface area (TPSA) is 158 Å². The molecular formula is C34H41N7O6. The minimum absolute atomic E-state index is 0.0274. The molecule has 248 valence electrons. The van der Waals surface area contributed by atoms with Crippen LogP contribution in [0.3, 0.4) is 0 Å². The van der Waals surface area contributed by atoms with Crippen molar-refractivity contribution in [1.82, 2.24) is 0 Å². The molecule has 0 unspecified atom stereocenters. The molecule has 0 aliphatic heterocycles. The van der Waals surface area contributed by atoms with Crippen LogP contribution in [0.5, 0.6) is 11.5 Å². The van der Waals surface area contributed by atoms with Crippen molar-refractivity contribution in [2.24, 2.45) is 20.5 Å². The van der Waals surface area contributed by atoms with Crippen molar-refractivity contribution in [3.63, 3.8) is 0 Å². The molecule has 2 N–H and O–H groups in total. The van der Waals surface area contributed by atoms with E-state index in [1.165, 1.54) is 44.2 Å². The first kappa shape index (κ1) is 36.1. The van der Waals surface area contributed by atoms with Crippen LogP contribution in [0.25, 0.3) is 0 Å². The van der Waals surface area contributed by atoms with Crippen molar-refractivity contribution in [3.05, 3.63) is 101 Å². The zero-order valence-electron chi connectivity index (χ0n) is 27.1. The molecule has 0 amide bonds. The van der Waals surface area contributed by atoms with Gasteiger partial charge in [0.15, 0.2) is 0 Å². The van der Waals surface area contributed by atoms with Gasteiger partial charge in [0.25, 0.3) is 5.69 Å². The molecule has 0 atom stereocenters. The number of para-hydroxylation sites is 1. The second-order valence-corrected chi connectivity index (χ2v) is 9.83. The van der Waals surface area contributed by atoms with Gasteiger partial charge in [-0.25, -0.2) is 0 Å². The number of nitro benzene ring substituents is 1. The van der Waals surface area contributed by atoms with Gasteiger partial charge in [-0.3, -0.25) is 10.1 Å². The molecule has 13 heteroatoms. The number of anilines is 2. The summed E-state index contributed by atoms with van der Waals surface area (Å²) in [7, 11) is 3.01. The molecule has 0 aliphatic rings. The van der Waals surface area contributed by atoms with E-state index in [1.54, 1.807) is 12.1 Å². The minimum Gasteiger partial charge on any atom is -0.494 e. The summed E-state index contributed by atoms with van der Waals surface area (Å²) < 4.78 is 10.9. The third-order valence-electron chi connectivity index (χ3n) is 6.93. The lowest BCUT2D eigenvalue weighted by Crippen LogP contribution is -2.25. The highest BCUT2D eigenvalue weighted by molar-refractivity contribution is 5.66. The Labute approximate surface area is 274 Å². The average Bonchev–Trinajstić information content (AvgIpc) is 3.12. The molecule has 0 bridgehead atoms. The van der Waals surface area contributed by atoms with Crippen LogP contribution >= 0.6 is 0 Å². The third kappa shape index (κ3) is 10.9. The molecule has 0 saturated carbocycles. The van der Waals surface area contributed by atoms with E-state index >= 15 is 0 Å². The van der Waals surface area contributed by atoms with E-state index in [2.05, 4.69) is 49.3 Å². The van der Waals surface area contributed by atoms with Crippen LogP contribution in [-0.4, -0.2) is 68.7 Å². The van der Waals surface area contributed by atoms with Crippen LogP contribution in [0, 0.1) is 10.1 Å². The molecule has 4 aromatic rings. The summed E-state index contributed by atoms with van der Waals surface area (Å²) in [5.41, 5.74) is 4.07. The maximum atomic E-state index is 10.8.